The van der Waals surface area contributed by atoms with E-state index >= 15 is 0 Å². The number of hydrogen-bond donors (Lipinski definition) is 3. The van der Waals surface area contributed by atoms with Crippen LogP contribution in [0, 0.1) is 0 Å². The average Bonchev–Trinajstić information content (AvgIpc) is 3.04. The second-order valence-corrected chi connectivity index (χ2v) is 13.0. The molecule has 2 atom stereocenters. The number of amides is 1. The van der Waals surface area contributed by atoms with Gasteiger partial charge in [0.25, 0.3) is 0 Å². The lowest BCUT2D eigenvalue weighted by Gasteiger charge is -2.19. The summed E-state index contributed by atoms with van der Waals surface area (Å²) in [5.41, 5.74) is 0. The van der Waals surface area contributed by atoms with Crippen LogP contribution in [0.3, 0.4) is 0 Å². The average molecular weight is 630 g/mol. The van der Waals surface area contributed by atoms with Crippen molar-refractivity contribution in [2.45, 2.75) is 199 Å². The number of aliphatic hydroxyl groups excluding tert-OH is 2. The van der Waals surface area contributed by atoms with E-state index in [1.807, 2.05) is 6.08 Å². The van der Waals surface area contributed by atoms with Crippen LogP contribution in [-0.2, 0) is 4.79 Å². The van der Waals surface area contributed by atoms with E-state index in [1.54, 1.807) is 6.08 Å². The van der Waals surface area contributed by atoms with Gasteiger partial charge in [0, 0.05) is 6.42 Å². The lowest BCUT2D eigenvalue weighted by molar-refractivity contribution is -0.123. The van der Waals surface area contributed by atoms with E-state index in [2.05, 4.69) is 55.6 Å². The van der Waals surface area contributed by atoms with Gasteiger partial charge in [-0.2, -0.15) is 0 Å². The second-order valence-electron chi connectivity index (χ2n) is 13.0. The molecule has 0 aromatic heterocycles. The molecule has 0 saturated heterocycles. The number of carbonyl (C=O) groups excluding carboxylic acids is 1. The monoisotopic (exact) mass is 630 g/mol. The van der Waals surface area contributed by atoms with Crippen molar-refractivity contribution < 1.29 is 15.0 Å². The van der Waals surface area contributed by atoms with Gasteiger partial charge < -0.3 is 15.5 Å². The van der Waals surface area contributed by atoms with Gasteiger partial charge in [-0.05, 0) is 57.8 Å². The molecule has 0 rings (SSSR count). The maximum atomic E-state index is 12.3. The summed E-state index contributed by atoms with van der Waals surface area (Å²) < 4.78 is 0. The minimum Gasteiger partial charge on any atom is -0.394 e. The number of allylic oxidation sites excluding steroid dienone is 7. The van der Waals surface area contributed by atoms with E-state index in [0.717, 1.165) is 38.5 Å². The normalized spacial score (nSPS) is 13.6. The van der Waals surface area contributed by atoms with Gasteiger partial charge in [0.2, 0.25) is 5.91 Å². The molecule has 0 aliphatic heterocycles. The Kier molecular flexibility index (Phi) is 35.5. The van der Waals surface area contributed by atoms with Gasteiger partial charge in [-0.3, -0.25) is 4.79 Å². The van der Waals surface area contributed by atoms with Crippen LogP contribution in [0.4, 0.5) is 0 Å². The van der Waals surface area contributed by atoms with Crippen LogP contribution in [0.15, 0.2) is 48.6 Å². The first-order chi connectivity index (χ1) is 22.2. The van der Waals surface area contributed by atoms with Crippen molar-refractivity contribution in [3.63, 3.8) is 0 Å². The van der Waals surface area contributed by atoms with E-state index in [9.17, 15) is 15.0 Å². The van der Waals surface area contributed by atoms with Gasteiger partial charge in [-0.25, -0.2) is 0 Å². The third-order valence-electron chi connectivity index (χ3n) is 8.53. The first-order valence-electron chi connectivity index (χ1n) is 19.4. The molecule has 0 aromatic carbocycles. The zero-order chi connectivity index (χ0) is 32.9. The van der Waals surface area contributed by atoms with Gasteiger partial charge in [-0.1, -0.05) is 172 Å². The molecule has 262 valence electrons. The summed E-state index contributed by atoms with van der Waals surface area (Å²) in [6, 6.07) is -0.636. The zero-order valence-corrected chi connectivity index (χ0v) is 29.9. The summed E-state index contributed by atoms with van der Waals surface area (Å²) in [5.74, 6) is -0.0802. The third kappa shape index (κ3) is 33.5. The number of nitrogens with one attached hydrogen (secondary N) is 1. The Balaban J connectivity index is 3.52. The van der Waals surface area contributed by atoms with Crippen molar-refractivity contribution in [3.05, 3.63) is 48.6 Å². The highest BCUT2D eigenvalue weighted by Crippen LogP contribution is 2.14. The molecule has 0 bridgehead atoms. The topological polar surface area (TPSA) is 69.6 Å². The number of rotatable bonds is 34. The van der Waals surface area contributed by atoms with Gasteiger partial charge in [0.15, 0.2) is 0 Å². The lowest BCUT2D eigenvalue weighted by Crippen LogP contribution is -2.45. The minimum absolute atomic E-state index is 0.0802. The third-order valence-corrected chi connectivity index (χ3v) is 8.53. The Bertz CT molecular complexity index is 726. The molecule has 0 aromatic rings. The molecule has 45 heavy (non-hydrogen) atoms. The molecule has 4 nitrogen and oxygen atoms in total. The molecule has 4 heteroatoms. The summed E-state index contributed by atoms with van der Waals surface area (Å²) in [4.78, 5) is 12.3. The van der Waals surface area contributed by atoms with Crippen molar-refractivity contribution >= 4 is 5.91 Å². The fraction of sp³-hybridized carbons (Fsp3) is 0.780. The molecular weight excluding hydrogens is 554 g/mol. The summed E-state index contributed by atoms with van der Waals surface area (Å²) in [6.45, 7) is 4.20. The van der Waals surface area contributed by atoms with Gasteiger partial charge in [0.05, 0.1) is 18.8 Å². The number of hydrogen-bond acceptors (Lipinski definition) is 3. The van der Waals surface area contributed by atoms with Crippen molar-refractivity contribution in [1.29, 1.82) is 0 Å². The maximum Gasteiger partial charge on any atom is 0.220 e. The van der Waals surface area contributed by atoms with Crippen LogP contribution < -0.4 is 5.32 Å². The van der Waals surface area contributed by atoms with E-state index in [1.165, 1.54) is 128 Å². The van der Waals surface area contributed by atoms with Gasteiger partial charge >= 0.3 is 0 Å². The Morgan fingerprint density at radius 2 is 0.956 bits per heavy atom. The highest BCUT2D eigenvalue weighted by atomic mass is 16.3. The zero-order valence-electron chi connectivity index (χ0n) is 29.9. The van der Waals surface area contributed by atoms with Crippen molar-refractivity contribution in [1.82, 2.24) is 5.32 Å². The standard InChI is InChI=1S/C41H75NO3/c1-3-5-7-9-11-13-14-15-16-17-18-19-20-21-22-23-24-25-26-27-28-29-31-33-35-37-41(45)42-39(38-43)40(44)36-34-32-30-12-10-8-6-4-2/h10,12,14-15,17-18,34,36,39-40,43-44H,3-9,11,13,16,19-33,35,37-38H2,1-2H3,(H,42,45)/b12-10+,15-14-,18-17-,36-34+. The van der Waals surface area contributed by atoms with E-state index in [-0.39, 0.29) is 12.5 Å². The van der Waals surface area contributed by atoms with Gasteiger partial charge in [-0.15, -0.1) is 0 Å². The molecule has 0 aliphatic carbocycles. The van der Waals surface area contributed by atoms with Crippen LogP contribution in [0.5, 0.6) is 0 Å². The molecular formula is C41H75NO3. The van der Waals surface area contributed by atoms with Crippen LogP contribution in [0.25, 0.3) is 0 Å². The first kappa shape index (κ1) is 43.4. The number of carbonyl (C=O) groups is 1. The molecule has 0 radical (unpaired) electrons. The van der Waals surface area contributed by atoms with Crippen LogP contribution >= 0.6 is 0 Å². The second kappa shape index (κ2) is 36.8. The van der Waals surface area contributed by atoms with Crippen molar-refractivity contribution in [2.24, 2.45) is 0 Å². The molecule has 1 amide bonds. The quantitative estimate of drug-likeness (QED) is 0.0490. The highest BCUT2D eigenvalue weighted by Gasteiger charge is 2.17. The Labute approximate surface area is 280 Å². The molecule has 0 fully saturated rings. The Hall–Kier alpha value is -1.65. The predicted molar refractivity (Wildman–Crippen MR) is 198 cm³/mol. The first-order valence-corrected chi connectivity index (χ1v) is 19.4. The SMILES string of the molecule is CCCC/C=C/CC/C=C/C(O)C(CO)NC(=O)CCCCCCCCCCCCCCC/C=C\C/C=C\CCCCCCC. The fourth-order valence-electron chi connectivity index (χ4n) is 5.50. The summed E-state index contributed by atoms with van der Waals surface area (Å²) >= 11 is 0. The molecule has 0 spiro atoms. The predicted octanol–water partition coefficient (Wildman–Crippen LogP) is 11.6. The summed E-state index contributed by atoms with van der Waals surface area (Å²) in [5, 5.41) is 22.7. The van der Waals surface area contributed by atoms with Crippen LogP contribution in [-0.4, -0.2) is 34.9 Å². The lowest BCUT2D eigenvalue weighted by atomic mass is 10.0. The van der Waals surface area contributed by atoms with Crippen LogP contribution in [0.1, 0.15) is 187 Å². The van der Waals surface area contributed by atoms with Crippen molar-refractivity contribution in [3.8, 4) is 0 Å². The molecule has 2 unspecified atom stereocenters. The maximum absolute atomic E-state index is 12.3. The van der Waals surface area contributed by atoms with E-state index in [4.69, 9.17) is 0 Å². The largest absolute Gasteiger partial charge is 0.394 e. The molecule has 0 saturated carbocycles. The summed E-state index contributed by atoms with van der Waals surface area (Å²) in [7, 11) is 0. The number of unbranched alkanes of at least 4 members (excludes halogenated alkanes) is 21. The molecule has 0 aliphatic rings. The molecule has 3 N–H and O–H groups in total. The minimum atomic E-state index is -0.859. The Morgan fingerprint density at radius 3 is 1.49 bits per heavy atom. The van der Waals surface area contributed by atoms with Crippen molar-refractivity contribution in [2.75, 3.05) is 6.61 Å². The van der Waals surface area contributed by atoms with Gasteiger partial charge in [0.1, 0.15) is 0 Å². The Morgan fingerprint density at radius 1 is 0.533 bits per heavy atom. The molecule has 0 heterocycles. The number of aliphatic hydroxyl groups is 2. The fourth-order valence-corrected chi connectivity index (χ4v) is 5.50. The van der Waals surface area contributed by atoms with Crippen LogP contribution in [0.2, 0.25) is 0 Å². The van der Waals surface area contributed by atoms with E-state index < -0.39 is 12.1 Å². The summed E-state index contributed by atoms with van der Waals surface area (Å²) in [6.07, 6.45) is 49.3. The smallest absolute Gasteiger partial charge is 0.220 e. The van der Waals surface area contributed by atoms with E-state index in [0.29, 0.717) is 6.42 Å². The highest BCUT2D eigenvalue weighted by molar-refractivity contribution is 5.76.